The number of amides is 2. The highest BCUT2D eigenvalue weighted by molar-refractivity contribution is 7.89. The fourth-order valence-electron chi connectivity index (χ4n) is 2.88. The van der Waals surface area contributed by atoms with Crippen molar-refractivity contribution in [1.29, 1.82) is 0 Å². The Kier molecular flexibility index (Phi) is 6.58. The Balaban J connectivity index is 1.85. The van der Waals surface area contributed by atoms with Crippen molar-refractivity contribution >= 4 is 27.5 Å². The molecule has 160 valence electrons. The Morgan fingerprint density at radius 3 is 2.43 bits per heavy atom. The highest BCUT2D eigenvalue weighted by atomic mass is 32.2. The third-order valence-electron chi connectivity index (χ3n) is 5.07. The van der Waals surface area contributed by atoms with Crippen LogP contribution in [0.25, 0.3) is 0 Å². The first-order valence-corrected chi connectivity index (χ1v) is 11.5. The van der Waals surface area contributed by atoms with Crippen LogP contribution in [-0.2, 0) is 10.0 Å². The smallest absolute Gasteiger partial charge is 0.255 e. The van der Waals surface area contributed by atoms with E-state index in [0.29, 0.717) is 16.8 Å². The normalized spacial score (nSPS) is 14.8. The first-order chi connectivity index (χ1) is 14.2. The summed E-state index contributed by atoms with van der Waals surface area (Å²) in [6.45, 7) is 5.62. The van der Waals surface area contributed by atoms with Gasteiger partial charge < -0.3 is 10.6 Å². The average molecular weight is 430 g/mol. The summed E-state index contributed by atoms with van der Waals surface area (Å²) < 4.78 is 27.6. The molecule has 0 spiro atoms. The van der Waals surface area contributed by atoms with Crippen molar-refractivity contribution < 1.29 is 18.0 Å². The molecular weight excluding hydrogens is 402 g/mol. The molecule has 0 aromatic heterocycles. The zero-order valence-corrected chi connectivity index (χ0v) is 18.2. The molecule has 0 aliphatic heterocycles. The largest absolute Gasteiger partial charge is 0.350 e. The van der Waals surface area contributed by atoms with Crippen LogP contribution in [0.2, 0.25) is 0 Å². The minimum atomic E-state index is -3.67. The summed E-state index contributed by atoms with van der Waals surface area (Å²) in [5, 5.41) is 5.64. The van der Waals surface area contributed by atoms with Gasteiger partial charge in [-0.05, 0) is 62.9 Å². The van der Waals surface area contributed by atoms with E-state index < -0.39 is 15.9 Å². The van der Waals surface area contributed by atoms with Crippen LogP contribution in [0.1, 0.15) is 59.4 Å². The highest BCUT2D eigenvalue weighted by Gasteiger charge is 2.28. The maximum Gasteiger partial charge on any atom is 0.255 e. The third-order valence-corrected chi connectivity index (χ3v) is 6.59. The lowest BCUT2D eigenvalue weighted by molar-refractivity contribution is 0.0940. The van der Waals surface area contributed by atoms with Crippen molar-refractivity contribution in [3.63, 3.8) is 0 Å². The maximum atomic E-state index is 12.9. The molecular formula is C22H27N3O4S. The molecule has 0 heterocycles. The lowest BCUT2D eigenvalue weighted by atomic mass is 10.1. The Labute approximate surface area is 177 Å². The van der Waals surface area contributed by atoms with Crippen LogP contribution in [0.15, 0.2) is 47.4 Å². The van der Waals surface area contributed by atoms with Gasteiger partial charge in [-0.1, -0.05) is 25.1 Å². The Hall–Kier alpha value is -2.71. The van der Waals surface area contributed by atoms with Gasteiger partial charge in [0.05, 0.1) is 16.1 Å². The second-order valence-electron chi connectivity index (χ2n) is 7.65. The Morgan fingerprint density at radius 2 is 1.77 bits per heavy atom. The molecule has 1 saturated carbocycles. The SMILES string of the molecule is CCC(C)NC(=O)c1ccccc1NC(=O)c1cc(S(=O)(=O)NC2CC2)ccc1C. The Bertz CT molecular complexity index is 1060. The van der Waals surface area contributed by atoms with Crippen LogP contribution in [0.5, 0.6) is 0 Å². The van der Waals surface area contributed by atoms with E-state index in [1.54, 1.807) is 37.3 Å². The van der Waals surface area contributed by atoms with Crippen molar-refractivity contribution in [2.75, 3.05) is 5.32 Å². The van der Waals surface area contributed by atoms with E-state index >= 15 is 0 Å². The van der Waals surface area contributed by atoms with Gasteiger partial charge in [0.1, 0.15) is 0 Å². The molecule has 0 bridgehead atoms. The van der Waals surface area contributed by atoms with E-state index in [1.165, 1.54) is 12.1 Å². The molecule has 3 rings (SSSR count). The molecule has 2 amide bonds. The number of sulfonamides is 1. The van der Waals surface area contributed by atoms with Crippen LogP contribution >= 0.6 is 0 Å². The third kappa shape index (κ3) is 5.25. The molecule has 0 radical (unpaired) electrons. The topological polar surface area (TPSA) is 104 Å². The lowest BCUT2D eigenvalue weighted by Crippen LogP contribution is -2.32. The van der Waals surface area contributed by atoms with Crippen molar-refractivity contribution in [2.24, 2.45) is 0 Å². The van der Waals surface area contributed by atoms with E-state index in [0.717, 1.165) is 19.3 Å². The van der Waals surface area contributed by atoms with Crippen LogP contribution < -0.4 is 15.4 Å². The van der Waals surface area contributed by atoms with Crippen molar-refractivity contribution in [3.05, 3.63) is 59.2 Å². The zero-order valence-electron chi connectivity index (χ0n) is 17.4. The van der Waals surface area contributed by atoms with Gasteiger partial charge in [-0.25, -0.2) is 13.1 Å². The van der Waals surface area contributed by atoms with Gasteiger partial charge in [0.2, 0.25) is 10.0 Å². The lowest BCUT2D eigenvalue weighted by Gasteiger charge is -2.15. The number of carbonyl (C=O) groups is 2. The van der Waals surface area contributed by atoms with Gasteiger partial charge in [-0.3, -0.25) is 9.59 Å². The van der Waals surface area contributed by atoms with E-state index in [-0.39, 0.29) is 28.4 Å². The molecule has 1 unspecified atom stereocenters. The number of benzene rings is 2. The van der Waals surface area contributed by atoms with Crippen LogP contribution in [0.3, 0.4) is 0 Å². The number of nitrogens with one attached hydrogen (secondary N) is 3. The average Bonchev–Trinajstić information content (AvgIpc) is 3.51. The van der Waals surface area contributed by atoms with Gasteiger partial charge in [0, 0.05) is 17.6 Å². The zero-order chi connectivity index (χ0) is 21.9. The maximum absolute atomic E-state index is 12.9. The summed E-state index contributed by atoms with van der Waals surface area (Å²) >= 11 is 0. The molecule has 2 aromatic rings. The highest BCUT2D eigenvalue weighted by Crippen LogP contribution is 2.24. The fraction of sp³-hybridized carbons (Fsp3) is 0.364. The summed E-state index contributed by atoms with van der Waals surface area (Å²) in [7, 11) is -3.67. The molecule has 8 heteroatoms. The Morgan fingerprint density at radius 1 is 1.07 bits per heavy atom. The van der Waals surface area contributed by atoms with Crippen molar-refractivity contribution in [2.45, 2.75) is 57.0 Å². The fourth-order valence-corrected chi connectivity index (χ4v) is 4.22. The molecule has 1 aliphatic rings. The van der Waals surface area contributed by atoms with Gasteiger partial charge >= 0.3 is 0 Å². The van der Waals surface area contributed by atoms with Crippen LogP contribution in [0.4, 0.5) is 5.69 Å². The van der Waals surface area contributed by atoms with Gasteiger partial charge in [-0.2, -0.15) is 0 Å². The van der Waals surface area contributed by atoms with E-state index in [9.17, 15) is 18.0 Å². The van der Waals surface area contributed by atoms with Gasteiger partial charge in [-0.15, -0.1) is 0 Å². The molecule has 1 atom stereocenters. The van der Waals surface area contributed by atoms with E-state index in [1.807, 2.05) is 13.8 Å². The number of anilines is 1. The minimum Gasteiger partial charge on any atom is -0.350 e. The van der Waals surface area contributed by atoms with E-state index in [4.69, 9.17) is 0 Å². The van der Waals surface area contributed by atoms with Gasteiger partial charge in [0.15, 0.2) is 0 Å². The quantitative estimate of drug-likeness (QED) is 0.599. The second-order valence-corrected chi connectivity index (χ2v) is 9.37. The van der Waals surface area contributed by atoms with Crippen molar-refractivity contribution in [1.82, 2.24) is 10.0 Å². The van der Waals surface area contributed by atoms with Crippen LogP contribution in [0, 0.1) is 6.92 Å². The number of rotatable bonds is 8. The number of hydrogen-bond donors (Lipinski definition) is 3. The molecule has 1 aliphatic carbocycles. The van der Waals surface area contributed by atoms with Crippen LogP contribution in [-0.4, -0.2) is 32.3 Å². The molecule has 30 heavy (non-hydrogen) atoms. The molecule has 2 aromatic carbocycles. The minimum absolute atomic E-state index is 0.00403. The number of para-hydroxylation sites is 1. The first kappa shape index (κ1) is 22.0. The summed E-state index contributed by atoms with van der Waals surface area (Å²) in [5.41, 5.74) is 1.60. The molecule has 1 fully saturated rings. The molecule has 0 saturated heterocycles. The number of hydrogen-bond acceptors (Lipinski definition) is 4. The summed E-state index contributed by atoms with van der Waals surface area (Å²) in [4.78, 5) is 25.6. The number of carbonyl (C=O) groups excluding carboxylic acids is 2. The summed E-state index contributed by atoms with van der Waals surface area (Å²) in [6, 6.07) is 11.2. The number of aryl methyl sites for hydroxylation is 1. The summed E-state index contributed by atoms with van der Waals surface area (Å²) in [5.74, 6) is -0.748. The standard InChI is InChI=1S/C22H27N3O4S/c1-4-15(3)23-21(26)18-7-5-6-8-20(18)24-22(27)19-13-17(12-9-14(19)2)30(28,29)25-16-10-11-16/h5-9,12-13,15-16,25H,4,10-11H2,1-3H3,(H,23,26)(H,24,27). The predicted octanol–water partition coefficient (Wildman–Crippen LogP) is 3.22. The summed E-state index contributed by atoms with van der Waals surface area (Å²) in [6.07, 6.45) is 2.44. The van der Waals surface area contributed by atoms with E-state index in [2.05, 4.69) is 15.4 Å². The van der Waals surface area contributed by atoms with Gasteiger partial charge in [0.25, 0.3) is 11.8 Å². The first-order valence-electron chi connectivity index (χ1n) is 10.1. The second kappa shape index (κ2) is 8.97. The predicted molar refractivity (Wildman–Crippen MR) is 116 cm³/mol. The molecule has 3 N–H and O–H groups in total. The molecule has 7 nitrogen and oxygen atoms in total. The monoisotopic (exact) mass is 429 g/mol. The van der Waals surface area contributed by atoms with Crippen molar-refractivity contribution in [3.8, 4) is 0 Å².